The summed E-state index contributed by atoms with van der Waals surface area (Å²) in [5.41, 5.74) is 1.25. The summed E-state index contributed by atoms with van der Waals surface area (Å²) in [6.45, 7) is 6.08. The molecule has 1 aromatic heterocycles. The first-order valence-electron chi connectivity index (χ1n) is 4.71. The van der Waals surface area contributed by atoms with Crippen molar-refractivity contribution in [2.24, 2.45) is 7.05 Å². The van der Waals surface area contributed by atoms with Gasteiger partial charge in [0, 0.05) is 19.4 Å². The summed E-state index contributed by atoms with van der Waals surface area (Å²) in [6, 6.07) is 10.2. The number of hydrogen-bond donors (Lipinski definition) is 0. The van der Waals surface area contributed by atoms with E-state index < -0.39 is 0 Å². The molecule has 1 rings (SSSR count). The molecule has 0 saturated heterocycles. The van der Waals surface area contributed by atoms with E-state index in [2.05, 4.69) is 19.2 Å². The van der Waals surface area contributed by atoms with Crippen molar-refractivity contribution in [3.8, 4) is 0 Å². The predicted molar refractivity (Wildman–Crippen MR) is 59.1 cm³/mol. The zero-order valence-corrected chi connectivity index (χ0v) is 8.99. The Morgan fingerprint density at radius 2 is 1.62 bits per heavy atom. The van der Waals surface area contributed by atoms with E-state index in [-0.39, 0.29) is 0 Å². The number of aryl methyl sites for hydroxylation is 2. The zero-order valence-electron chi connectivity index (χ0n) is 8.99. The van der Waals surface area contributed by atoms with Gasteiger partial charge in [-0.25, -0.2) is 0 Å². The number of hydrogen-bond acceptors (Lipinski definition) is 0. The number of nitrogens with zero attached hydrogens (tertiary/aromatic N) is 1. The van der Waals surface area contributed by atoms with E-state index in [0.29, 0.717) is 0 Å². The van der Waals surface area contributed by atoms with Gasteiger partial charge in [0.1, 0.15) is 0 Å². The molecule has 0 bridgehead atoms. The van der Waals surface area contributed by atoms with Crippen LogP contribution in [-0.4, -0.2) is 4.57 Å². The molecule has 0 unspecified atom stereocenters. The topological polar surface area (TPSA) is 4.93 Å². The highest BCUT2D eigenvalue weighted by Gasteiger charge is 1.75. The molecule has 0 fully saturated rings. The first-order valence-corrected chi connectivity index (χ1v) is 4.71. The van der Waals surface area contributed by atoms with E-state index in [0.717, 1.165) is 0 Å². The van der Waals surface area contributed by atoms with E-state index in [1.165, 1.54) is 5.56 Å². The van der Waals surface area contributed by atoms with Gasteiger partial charge in [-0.15, -0.1) is 0 Å². The van der Waals surface area contributed by atoms with Gasteiger partial charge in [-0.05, 0) is 18.6 Å². The second kappa shape index (κ2) is 7.41. The maximum absolute atomic E-state index is 2.08. The van der Waals surface area contributed by atoms with Crippen molar-refractivity contribution in [3.63, 3.8) is 0 Å². The lowest BCUT2D eigenvalue weighted by molar-refractivity contribution is 0.903. The summed E-state index contributed by atoms with van der Waals surface area (Å²) in [4.78, 5) is 0. The van der Waals surface area contributed by atoms with Crippen LogP contribution in [0.2, 0.25) is 0 Å². The standard InChI is InChI=1S/C10H13N.C2H6/c1-10-7-5-3-4-6-8-11(2)9-10;1-2/h3-9H,1-2H3;1-2H3. The van der Waals surface area contributed by atoms with Gasteiger partial charge in [-0.2, -0.15) is 0 Å². The van der Waals surface area contributed by atoms with Gasteiger partial charge in [-0.1, -0.05) is 38.1 Å². The first kappa shape index (κ1) is 11.8. The van der Waals surface area contributed by atoms with E-state index >= 15 is 0 Å². The summed E-state index contributed by atoms with van der Waals surface area (Å²) in [5.74, 6) is 0. The van der Waals surface area contributed by atoms with Crippen LogP contribution < -0.4 is 0 Å². The van der Waals surface area contributed by atoms with Gasteiger partial charge in [-0.3, -0.25) is 0 Å². The van der Waals surface area contributed by atoms with Crippen LogP contribution in [0.25, 0.3) is 0 Å². The van der Waals surface area contributed by atoms with Crippen LogP contribution in [0.15, 0.2) is 42.7 Å². The second-order valence-electron chi connectivity index (χ2n) is 2.62. The van der Waals surface area contributed by atoms with Crippen molar-refractivity contribution in [1.82, 2.24) is 4.57 Å². The maximum atomic E-state index is 2.08. The van der Waals surface area contributed by atoms with Crippen LogP contribution in [0.1, 0.15) is 19.4 Å². The minimum Gasteiger partial charge on any atom is -0.357 e. The van der Waals surface area contributed by atoms with E-state index in [1.54, 1.807) is 0 Å². The molecule has 1 nitrogen and oxygen atoms in total. The highest BCUT2D eigenvalue weighted by Crippen LogP contribution is 1.90. The SMILES string of the molecule is CC.Cc1ccccccn(C)c1. The Morgan fingerprint density at radius 1 is 1.00 bits per heavy atom. The fourth-order valence-electron chi connectivity index (χ4n) is 0.928. The molecule has 0 aliphatic heterocycles. The average Bonchev–Trinajstić information content (AvgIpc) is 2.21. The number of aromatic nitrogens is 1. The van der Waals surface area contributed by atoms with Crippen molar-refractivity contribution in [2.75, 3.05) is 0 Å². The zero-order chi connectivity index (χ0) is 10.1. The Balaban J connectivity index is 0.000000671. The van der Waals surface area contributed by atoms with Gasteiger partial charge in [0.15, 0.2) is 0 Å². The minimum absolute atomic E-state index is 1.25. The maximum Gasteiger partial charge on any atom is 0.0106 e. The molecule has 0 atom stereocenters. The van der Waals surface area contributed by atoms with Gasteiger partial charge in [0.2, 0.25) is 0 Å². The molecule has 13 heavy (non-hydrogen) atoms. The van der Waals surface area contributed by atoms with Crippen LogP contribution >= 0.6 is 0 Å². The van der Waals surface area contributed by atoms with Gasteiger partial charge in [0.05, 0.1) is 0 Å². The molecular weight excluding hydrogens is 158 g/mol. The molecule has 72 valence electrons. The van der Waals surface area contributed by atoms with Crippen molar-refractivity contribution >= 4 is 0 Å². The molecule has 0 radical (unpaired) electrons. The van der Waals surface area contributed by atoms with Crippen LogP contribution in [-0.2, 0) is 7.05 Å². The third kappa shape index (κ3) is 5.97. The second-order valence-corrected chi connectivity index (χ2v) is 2.62. The molecular formula is C12H19N. The summed E-state index contributed by atoms with van der Waals surface area (Å²) < 4.78 is 2.04. The predicted octanol–water partition coefficient (Wildman–Crippen LogP) is 3.48. The summed E-state index contributed by atoms with van der Waals surface area (Å²) >= 11 is 0. The lowest BCUT2D eigenvalue weighted by Crippen LogP contribution is -1.83. The molecule has 1 aromatic rings. The molecule has 0 spiro atoms. The molecule has 1 heterocycles. The summed E-state index contributed by atoms with van der Waals surface area (Å²) in [5, 5.41) is 0. The third-order valence-corrected chi connectivity index (χ3v) is 1.42. The Kier molecular flexibility index (Phi) is 6.70. The monoisotopic (exact) mass is 177 g/mol. The molecule has 0 amide bonds. The quantitative estimate of drug-likeness (QED) is 0.571. The lowest BCUT2D eigenvalue weighted by atomic mass is 10.3. The van der Waals surface area contributed by atoms with Crippen LogP contribution in [0, 0.1) is 6.92 Å². The third-order valence-electron chi connectivity index (χ3n) is 1.42. The minimum atomic E-state index is 1.25. The van der Waals surface area contributed by atoms with Crippen LogP contribution in [0.4, 0.5) is 0 Å². The Hall–Kier alpha value is -1.24. The van der Waals surface area contributed by atoms with E-state index in [9.17, 15) is 0 Å². The summed E-state index contributed by atoms with van der Waals surface area (Å²) in [6.07, 6.45) is 4.10. The van der Waals surface area contributed by atoms with Gasteiger partial charge < -0.3 is 4.57 Å². The lowest BCUT2D eigenvalue weighted by Gasteiger charge is -1.91. The molecule has 0 N–H and O–H groups in total. The fraction of sp³-hybridized carbons (Fsp3) is 0.333. The number of rotatable bonds is 0. The van der Waals surface area contributed by atoms with Crippen molar-refractivity contribution < 1.29 is 0 Å². The highest BCUT2D eigenvalue weighted by atomic mass is 14.9. The van der Waals surface area contributed by atoms with Crippen molar-refractivity contribution in [1.29, 1.82) is 0 Å². The normalized spacial score (nSPS) is 8.00. The average molecular weight is 177 g/mol. The van der Waals surface area contributed by atoms with E-state index in [4.69, 9.17) is 0 Å². The molecule has 0 aromatic carbocycles. The van der Waals surface area contributed by atoms with Crippen LogP contribution in [0.3, 0.4) is 0 Å². The first-order chi connectivity index (χ1) is 6.29. The van der Waals surface area contributed by atoms with Crippen LogP contribution in [0.5, 0.6) is 0 Å². The van der Waals surface area contributed by atoms with Gasteiger partial charge in [0.25, 0.3) is 0 Å². The van der Waals surface area contributed by atoms with Crippen molar-refractivity contribution in [2.45, 2.75) is 20.8 Å². The Labute approximate surface area is 81.4 Å². The molecule has 0 aliphatic rings. The van der Waals surface area contributed by atoms with E-state index in [1.807, 2.05) is 55.9 Å². The fourth-order valence-corrected chi connectivity index (χ4v) is 0.928. The summed E-state index contributed by atoms with van der Waals surface area (Å²) in [7, 11) is 2.02. The van der Waals surface area contributed by atoms with Gasteiger partial charge >= 0.3 is 0 Å². The van der Waals surface area contributed by atoms with Crippen molar-refractivity contribution in [3.05, 3.63) is 48.3 Å². The Bertz CT molecular complexity index is 245. The Morgan fingerprint density at radius 3 is 2.31 bits per heavy atom. The molecule has 0 saturated carbocycles. The molecule has 1 heteroatoms. The smallest absolute Gasteiger partial charge is 0.0106 e. The highest BCUT2D eigenvalue weighted by molar-refractivity contribution is 5.05. The largest absolute Gasteiger partial charge is 0.357 e. The molecule has 0 aliphatic carbocycles.